The van der Waals surface area contributed by atoms with E-state index in [0.717, 1.165) is 56.6 Å². The molecule has 0 unspecified atom stereocenters. The van der Waals surface area contributed by atoms with Gasteiger partial charge in [0.05, 0.1) is 39.0 Å². The lowest BCUT2D eigenvalue weighted by Crippen LogP contribution is -3.00. The minimum Gasteiger partial charge on any atom is -1.00 e. The van der Waals surface area contributed by atoms with E-state index >= 15 is 0 Å². The third-order valence-electron chi connectivity index (χ3n) is 13.1. The molecular formula is C32H53BrN2O4. The summed E-state index contributed by atoms with van der Waals surface area (Å²) in [5.41, 5.74) is 0.343. The lowest BCUT2D eigenvalue weighted by atomic mass is 9.44. The van der Waals surface area contributed by atoms with Crippen molar-refractivity contribution in [3.8, 4) is 0 Å². The van der Waals surface area contributed by atoms with E-state index in [2.05, 4.69) is 31.4 Å². The predicted molar refractivity (Wildman–Crippen MR) is 148 cm³/mol. The molecule has 6 aliphatic rings. The number of carbonyl (C=O) groups is 1. The van der Waals surface area contributed by atoms with Crippen molar-refractivity contribution < 1.29 is 40.8 Å². The largest absolute Gasteiger partial charge is 1.00 e. The van der Waals surface area contributed by atoms with Gasteiger partial charge in [0.2, 0.25) is 0 Å². The summed E-state index contributed by atoms with van der Waals surface area (Å²) in [5, 5.41) is 11.3. The number of rotatable bonds is 5. The molecule has 0 amide bonds. The number of carbonyl (C=O) groups excluding carboxylic acids is 1. The third kappa shape index (κ3) is 4.88. The van der Waals surface area contributed by atoms with Crippen LogP contribution in [-0.2, 0) is 14.3 Å². The van der Waals surface area contributed by atoms with Crippen LogP contribution in [0.3, 0.4) is 0 Å². The molecule has 0 aromatic heterocycles. The Kier molecular flexibility index (Phi) is 8.70. The number of esters is 1. The topological polar surface area (TPSA) is 59.0 Å². The molecule has 2 saturated heterocycles. The second kappa shape index (κ2) is 11.3. The van der Waals surface area contributed by atoms with E-state index in [4.69, 9.17) is 9.47 Å². The summed E-state index contributed by atoms with van der Waals surface area (Å²) in [6, 6.07) is 0.663. The van der Waals surface area contributed by atoms with E-state index in [-0.39, 0.29) is 52.0 Å². The van der Waals surface area contributed by atoms with Crippen LogP contribution >= 0.6 is 0 Å². The van der Waals surface area contributed by atoms with Gasteiger partial charge in [0, 0.05) is 50.7 Å². The van der Waals surface area contributed by atoms with Gasteiger partial charge in [0.1, 0.15) is 6.04 Å². The highest BCUT2D eigenvalue weighted by molar-refractivity contribution is 5.66. The van der Waals surface area contributed by atoms with Crippen molar-refractivity contribution in [2.24, 2.45) is 34.5 Å². The van der Waals surface area contributed by atoms with E-state index in [0.29, 0.717) is 29.7 Å². The van der Waals surface area contributed by atoms with Gasteiger partial charge in [-0.1, -0.05) is 20.4 Å². The molecule has 0 spiro atoms. The minimum atomic E-state index is -0.209. The molecule has 10 atom stereocenters. The van der Waals surface area contributed by atoms with Gasteiger partial charge in [-0.25, -0.2) is 0 Å². The quantitative estimate of drug-likeness (QED) is 0.291. The van der Waals surface area contributed by atoms with Crippen LogP contribution in [0.15, 0.2) is 12.7 Å². The first-order valence-electron chi connectivity index (χ1n) is 15.9. The lowest BCUT2D eigenvalue weighted by Gasteiger charge is -2.62. The highest BCUT2D eigenvalue weighted by Crippen LogP contribution is 2.67. The summed E-state index contributed by atoms with van der Waals surface area (Å²) in [5.74, 6) is 2.54. The number of nitrogens with zero attached hydrogens (tertiary/aromatic N) is 2. The molecule has 222 valence electrons. The first kappa shape index (κ1) is 30.0. The van der Waals surface area contributed by atoms with Crippen LogP contribution in [0.1, 0.15) is 78.6 Å². The maximum Gasteiger partial charge on any atom is 0.303 e. The van der Waals surface area contributed by atoms with Gasteiger partial charge in [-0.3, -0.25) is 9.69 Å². The van der Waals surface area contributed by atoms with Crippen LogP contribution in [0.2, 0.25) is 0 Å². The van der Waals surface area contributed by atoms with Crippen molar-refractivity contribution in [2.45, 2.75) is 103 Å². The lowest BCUT2D eigenvalue weighted by molar-refractivity contribution is -0.937. The molecule has 0 bridgehead atoms. The molecule has 6 nitrogen and oxygen atoms in total. The fraction of sp³-hybridized carbons (Fsp3) is 0.906. The number of quaternary nitrogens is 1. The summed E-state index contributed by atoms with van der Waals surface area (Å²) in [7, 11) is 0. The summed E-state index contributed by atoms with van der Waals surface area (Å²) < 4.78 is 13.1. The number of hydrogen-bond donors (Lipinski definition) is 1. The van der Waals surface area contributed by atoms with Gasteiger partial charge in [-0.15, -0.1) is 0 Å². The number of likely N-dealkylation sites (tertiary alicyclic amines) is 1. The molecule has 4 saturated carbocycles. The molecule has 7 heteroatoms. The number of hydrogen-bond acceptors (Lipinski definition) is 5. The zero-order valence-electron chi connectivity index (χ0n) is 24.7. The highest BCUT2D eigenvalue weighted by atomic mass is 79.9. The van der Waals surface area contributed by atoms with E-state index in [1.54, 1.807) is 6.92 Å². The van der Waals surface area contributed by atoms with Crippen molar-refractivity contribution in [3.63, 3.8) is 0 Å². The van der Waals surface area contributed by atoms with Crippen molar-refractivity contribution in [1.82, 2.24) is 4.90 Å². The van der Waals surface area contributed by atoms with Crippen LogP contribution in [0.5, 0.6) is 0 Å². The Bertz CT molecular complexity index is 905. The highest BCUT2D eigenvalue weighted by Gasteiger charge is 2.67. The second-order valence-corrected chi connectivity index (χ2v) is 14.6. The molecule has 39 heavy (non-hydrogen) atoms. The average molecular weight is 610 g/mol. The molecule has 6 rings (SSSR count). The number of aliphatic hydroxyl groups excluding tert-OH is 1. The average Bonchev–Trinajstić information content (AvgIpc) is 3.48. The van der Waals surface area contributed by atoms with E-state index < -0.39 is 0 Å². The van der Waals surface area contributed by atoms with E-state index in [1.165, 1.54) is 51.6 Å². The summed E-state index contributed by atoms with van der Waals surface area (Å²) in [4.78, 5) is 15.0. The zero-order chi connectivity index (χ0) is 26.7. The van der Waals surface area contributed by atoms with Crippen molar-refractivity contribution in [1.29, 1.82) is 0 Å². The Morgan fingerprint density at radius 2 is 1.82 bits per heavy atom. The van der Waals surface area contributed by atoms with Gasteiger partial charge in [0.15, 0.2) is 6.10 Å². The molecule has 2 aliphatic heterocycles. The van der Waals surface area contributed by atoms with E-state index in [1.807, 2.05) is 0 Å². The Morgan fingerprint density at radius 1 is 1.10 bits per heavy atom. The standard InChI is InChI=1S/C32H53N2O4.BrH/c1-5-14-34(15-6-7-16-34)28-20-26-24-9-8-23-19-29(36)27(33-12-17-37-18-13-33)21-32(23,4)25(24)10-11-31(26,3)30(28)38-22(2)35;/h5,23-30,36H,1,6-21H2,2-4H3;1H/q+1;/p-1/t23-,24+,25-,26-,27+,28-,29+,30-,31-,32-;/m0./s1. The molecule has 1 N–H and O–H groups in total. The van der Waals surface area contributed by atoms with Crippen LogP contribution in [0.25, 0.3) is 0 Å². The van der Waals surface area contributed by atoms with Gasteiger partial charge in [-0.2, -0.15) is 0 Å². The number of ether oxygens (including phenoxy) is 2. The molecule has 0 aromatic rings. The minimum absolute atomic E-state index is 0. The molecule has 4 aliphatic carbocycles. The van der Waals surface area contributed by atoms with Crippen LogP contribution in [-0.4, -0.2) is 90.7 Å². The molecule has 2 heterocycles. The number of fused-ring (bicyclic) bond motifs is 5. The molecular weight excluding hydrogens is 556 g/mol. The monoisotopic (exact) mass is 608 g/mol. The smallest absolute Gasteiger partial charge is 0.303 e. The van der Waals surface area contributed by atoms with Crippen LogP contribution in [0, 0.1) is 34.5 Å². The maximum absolute atomic E-state index is 12.5. The fourth-order valence-corrected chi connectivity index (χ4v) is 11.3. The summed E-state index contributed by atoms with van der Waals surface area (Å²) in [6.45, 7) is 17.7. The normalized spacial score (nSPS) is 47.3. The Hall–Kier alpha value is -0.470. The summed E-state index contributed by atoms with van der Waals surface area (Å²) >= 11 is 0. The van der Waals surface area contributed by atoms with Crippen molar-refractivity contribution in [2.75, 3.05) is 45.9 Å². The van der Waals surface area contributed by atoms with Gasteiger partial charge in [0.25, 0.3) is 0 Å². The summed E-state index contributed by atoms with van der Waals surface area (Å²) in [6.07, 6.45) is 12.7. The number of aliphatic hydroxyl groups is 1. The third-order valence-corrected chi connectivity index (χ3v) is 13.1. The van der Waals surface area contributed by atoms with Gasteiger partial charge < -0.3 is 36.0 Å². The first-order valence-corrected chi connectivity index (χ1v) is 15.9. The Morgan fingerprint density at radius 3 is 2.49 bits per heavy atom. The van der Waals surface area contributed by atoms with Gasteiger partial charge >= 0.3 is 5.97 Å². The van der Waals surface area contributed by atoms with E-state index in [9.17, 15) is 9.90 Å². The van der Waals surface area contributed by atoms with Crippen molar-refractivity contribution in [3.05, 3.63) is 12.7 Å². The predicted octanol–water partition coefficient (Wildman–Crippen LogP) is 1.41. The zero-order valence-corrected chi connectivity index (χ0v) is 26.2. The second-order valence-electron chi connectivity index (χ2n) is 14.6. The number of morpholine rings is 1. The number of halogens is 1. The molecule has 6 fully saturated rings. The molecule has 0 radical (unpaired) electrons. The van der Waals surface area contributed by atoms with Gasteiger partial charge in [-0.05, 0) is 73.7 Å². The van der Waals surface area contributed by atoms with Crippen LogP contribution < -0.4 is 17.0 Å². The SMILES string of the molecule is C=CC[N+]1([C@H]2C[C@H]3[C@@H]4CC[C@H]5C[C@@H](O)[C@H](N6CCOCC6)C[C@]5(C)[C@H]4CC[C@]3(C)[C@H]2OC(C)=O)CCCC1.[Br-]. The Labute approximate surface area is 247 Å². The maximum atomic E-state index is 12.5. The van der Waals surface area contributed by atoms with Crippen LogP contribution in [0.4, 0.5) is 0 Å². The Balaban J connectivity index is 0.00000308. The molecule has 0 aromatic carbocycles. The first-order chi connectivity index (χ1) is 18.2. The fourth-order valence-electron chi connectivity index (χ4n) is 11.3. The van der Waals surface area contributed by atoms with Crippen molar-refractivity contribution >= 4 is 5.97 Å².